The summed E-state index contributed by atoms with van der Waals surface area (Å²) in [5.74, 6) is 0.180. The number of ether oxygens (including phenoxy) is 2. The van der Waals surface area contributed by atoms with Gasteiger partial charge >= 0.3 is 0 Å². The van der Waals surface area contributed by atoms with Crippen LogP contribution >= 0.6 is 0 Å². The van der Waals surface area contributed by atoms with E-state index in [9.17, 15) is 23.1 Å². The summed E-state index contributed by atoms with van der Waals surface area (Å²) in [5.41, 5.74) is 0.732. The summed E-state index contributed by atoms with van der Waals surface area (Å²) in [6.07, 6.45) is 1.11. The largest absolute Gasteiger partial charge is 0.497 e. The number of aliphatic hydroxyl groups excluding tert-OH is 1. The molecule has 0 spiro atoms. The summed E-state index contributed by atoms with van der Waals surface area (Å²) in [6.45, 7) is 3.69. The Labute approximate surface area is 223 Å². The Kier molecular flexibility index (Phi) is 8.29. The minimum Gasteiger partial charge on any atom is -0.497 e. The van der Waals surface area contributed by atoms with Crippen molar-refractivity contribution in [1.29, 1.82) is 0 Å². The quantitative estimate of drug-likeness (QED) is 0.496. The predicted molar refractivity (Wildman–Crippen MR) is 142 cm³/mol. The lowest BCUT2D eigenvalue weighted by Gasteiger charge is -2.38. The Bertz CT molecular complexity index is 1280. The highest BCUT2D eigenvalue weighted by molar-refractivity contribution is 7.89. The van der Waals surface area contributed by atoms with Crippen LogP contribution < -0.4 is 14.8 Å². The van der Waals surface area contributed by atoms with E-state index >= 15 is 0 Å². The number of methoxy groups -OCH3 is 1. The van der Waals surface area contributed by atoms with Gasteiger partial charge in [0.25, 0.3) is 5.91 Å². The van der Waals surface area contributed by atoms with E-state index in [1.54, 1.807) is 42.2 Å². The molecule has 2 N–H and O–H groups in total. The zero-order chi connectivity index (χ0) is 27.6. The lowest BCUT2D eigenvalue weighted by Crippen LogP contribution is -2.50. The van der Waals surface area contributed by atoms with Gasteiger partial charge in [-0.25, -0.2) is 8.42 Å². The summed E-state index contributed by atoms with van der Waals surface area (Å²) in [5, 5.41) is 12.7. The number of aliphatic hydroxyl groups is 1. The average Bonchev–Trinajstić information content (AvgIpc) is 3.76. The van der Waals surface area contributed by atoms with Gasteiger partial charge in [-0.2, -0.15) is 4.31 Å². The van der Waals surface area contributed by atoms with E-state index in [1.165, 1.54) is 30.6 Å². The maximum atomic E-state index is 13.6. The van der Waals surface area contributed by atoms with Gasteiger partial charge in [-0.3, -0.25) is 9.59 Å². The number of rotatable bonds is 9. The van der Waals surface area contributed by atoms with Crippen LogP contribution in [0.4, 0.5) is 5.69 Å². The molecule has 3 atom stereocenters. The van der Waals surface area contributed by atoms with E-state index in [0.717, 1.165) is 12.8 Å². The van der Waals surface area contributed by atoms with Crippen LogP contribution in [0.25, 0.3) is 0 Å². The van der Waals surface area contributed by atoms with Crippen molar-refractivity contribution in [3.05, 3.63) is 48.0 Å². The molecule has 2 aromatic rings. The summed E-state index contributed by atoms with van der Waals surface area (Å²) in [6, 6.07) is 10.6. The average molecular weight is 546 g/mol. The standard InChI is InChI=1S/C27H35N3O7S/c1-17-14-30(18(2)16-31)27(33)23-13-20(28-26(32)19-5-6-19)7-12-24(23)37-25(17)15-29(3)38(34,35)22-10-8-21(36-4)9-11-22/h7-13,17-19,25,31H,5-6,14-16H2,1-4H3,(H,28,32)/t17-,18-,25+/m1/s1. The summed E-state index contributed by atoms with van der Waals surface area (Å²) < 4.78 is 39.2. The second-order valence-electron chi connectivity index (χ2n) is 10.1. The number of fused-ring (bicyclic) bond motifs is 1. The lowest BCUT2D eigenvalue weighted by molar-refractivity contribution is -0.117. The smallest absolute Gasteiger partial charge is 0.258 e. The molecule has 0 radical (unpaired) electrons. The molecule has 1 heterocycles. The van der Waals surface area contributed by atoms with E-state index in [1.807, 2.05) is 6.92 Å². The Morgan fingerprint density at radius 1 is 1.24 bits per heavy atom. The number of benzene rings is 2. The third-order valence-electron chi connectivity index (χ3n) is 7.09. The first-order valence-corrected chi connectivity index (χ1v) is 14.1. The van der Waals surface area contributed by atoms with Crippen LogP contribution in [0, 0.1) is 11.8 Å². The number of amides is 2. The van der Waals surface area contributed by atoms with Crippen LogP contribution in [0.15, 0.2) is 47.4 Å². The number of carbonyl (C=O) groups excluding carboxylic acids is 2. The van der Waals surface area contributed by atoms with Crippen LogP contribution in [-0.2, 0) is 14.8 Å². The van der Waals surface area contributed by atoms with Crippen molar-refractivity contribution in [1.82, 2.24) is 9.21 Å². The summed E-state index contributed by atoms with van der Waals surface area (Å²) >= 11 is 0. The minimum absolute atomic E-state index is 0.00305. The number of nitrogens with one attached hydrogen (secondary N) is 1. The fraction of sp³-hybridized carbons (Fsp3) is 0.481. The lowest BCUT2D eigenvalue weighted by atomic mass is 9.99. The number of hydrogen-bond donors (Lipinski definition) is 2. The summed E-state index contributed by atoms with van der Waals surface area (Å²) in [4.78, 5) is 27.5. The van der Waals surface area contributed by atoms with Crippen molar-refractivity contribution in [2.24, 2.45) is 11.8 Å². The number of carbonyl (C=O) groups is 2. The predicted octanol–water partition coefficient (Wildman–Crippen LogP) is 2.58. The molecular formula is C27H35N3O7S. The third-order valence-corrected chi connectivity index (χ3v) is 8.92. The molecule has 10 nitrogen and oxygen atoms in total. The molecule has 2 aliphatic rings. The highest BCUT2D eigenvalue weighted by atomic mass is 32.2. The van der Waals surface area contributed by atoms with Gasteiger partial charge in [0.1, 0.15) is 17.6 Å². The van der Waals surface area contributed by atoms with Crippen molar-refractivity contribution in [2.75, 3.05) is 39.2 Å². The minimum atomic E-state index is -3.82. The van der Waals surface area contributed by atoms with Crippen LogP contribution in [0.3, 0.4) is 0 Å². The molecule has 0 aromatic heterocycles. The van der Waals surface area contributed by atoms with Crippen molar-refractivity contribution in [2.45, 2.75) is 43.7 Å². The van der Waals surface area contributed by atoms with Crippen LogP contribution in [0.5, 0.6) is 11.5 Å². The molecule has 1 saturated carbocycles. The molecule has 4 rings (SSSR count). The highest BCUT2D eigenvalue weighted by Crippen LogP contribution is 2.33. The van der Waals surface area contributed by atoms with Crippen LogP contribution in [0.2, 0.25) is 0 Å². The second kappa shape index (κ2) is 11.3. The van der Waals surface area contributed by atoms with E-state index in [0.29, 0.717) is 17.2 Å². The molecule has 0 bridgehead atoms. The molecule has 1 fully saturated rings. The number of nitrogens with zero attached hydrogens (tertiary/aromatic N) is 2. The third kappa shape index (κ3) is 5.95. The molecule has 2 amide bonds. The van der Waals surface area contributed by atoms with Gasteiger partial charge in [-0.05, 0) is 62.2 Å². The number of hydrogen-bond acceptors (Lipinski definition) is 7. The number of sulfonamides is 1. The molecule has 2 aromatic carbocycles. The number of anilines is 1. The van der Waals surface area contributed by atoms with Gasteiger partial charge in [-0.15, -0.1) is 0 Å². The van der Waals surface area contributed by atoms with Gasteiger partial charge in [0.15, 0.2) is 0 Å². The maximum Gasteiger partial charge on any atom is 0.258 e. The van der Waals surface area contributed by atoms with Crippen molar-refractivity contribution in [3.63, 3.8) is 0 Å². The molecule has 0 unspecified atom stereocenters. The molecule has 1 aliphatic carbocycles. The number of likely N-dealkylation sites (N-methyl/N-ethyl adjacent to an activating group) is 1. The van der Waals surface area contributed by atoms with Gasteiger partial charge in [0.05, 0.1) is 36.8 Å². The zero-order valence-corrected chi connectivity index (χ0v) is 22.9. The fourth-order valence-corrected chi connectivity index (χ4v) is 5.57. The molecule has 0 saturated heterocycles. The Morgan fingerprint density at radius 3 is 2.53 bits per heavy atom. The molecule has 11 heteroatoms. The monoisotopic (exact) mass is 545 g/mol. The Morgan fingerprint density at radius 2 is 1.92 bits per heavy atom. The van der Waals surface area contributed by atoms with E-state index < -0.39 is 22.2 Å². The topological polar surface area (TPSA) is 125 Å². The van der Waals surface area contributed by atoms with Crippen molar-refractivity contribution in [3.8, 4) is 11.5 Å². The first-order chi connectivity index (χ1) is 18.0. The van der Waals surface area contributed by atoms with Gasteiger partial charge in [0.2, 0.25) is 15.9 Å². The molecule has 38 heavy (non-hydrogen) atoms. The van der Waals surface area contributed by atoms with Crippen molar-refractivity contribution < 1.29 is 32.6 Å². The maximum absolute atomic E-state index is 13.6. The van der Waals surface area contributed by atoms with Gasteiger partial charge in [0, 0.05) is 31.1 Å². The molecule has 206 valence electrons. The van der Waals surface area contributed by atoms with Crippen LogP contribution in [-0.4, -0.2) is 80.5 Å². The van der Waals surface area contributed by atoms with E-state index in [4.69, 9.17) is 9.47 Å². The normalized spacial score (nSPS) is 20.7. The van der Waals surface area contributed by atoms with Gasteiger partial charge < -0.3 is 24.8 Å². The van der Waals surface area contributed by atoms with Gasteiger partial charge in [-0.1, -0.05) is 6.92 Å². The SMILES string of the molecule is COc1ccc(S(=O)(=O)N(C)C[C@@H]2Oc3ccc(NC(=O)C4CC4)cc3C(=O)N([C@H](C)CO)C[C@H]2C)cc1. The van der Waals surface area contributed by atoms with E-state index in [2.05, 4.69) is 5.32 Å². The van der Waals surface area contributed by atoms with E-state index in [-0.39, 0.29) is 53.8 Å². The Balaban J connectivity index is 1.63. The molecular weight excluding hydrogens is 510 g/mol. The Hall–Kier alpha value is -3.15. The molecule has 1 aliphatic heterocycles. The summed E-state index contributed by atoms with van der Waals surface area (Å²) in [7, 11) is -0.822. The highest BCUT2D eigenvalue weighted by Gasteiger charge is 2.36. The zero-order valence-electron chi connectivity index (χ0n) is 22.1. The fourth-order valence-electron chi connectivity index (χ4n) is 4.39. The second-order valence-corrected chi connectivity index (χ2v) is 12.1. The first-order valence-electron chi connectivity index (χ1n) is 12.7. The van der Waals surface area contributed by atoms with Crippen LogP contribution in [0.1, 0.15) is 37.0 Å². The first kappa shape index (κ1) is 27.9. The van der Waals surface area contributed by atoms with Crippen molar-refractivity contribution >= 4 is 27.5 Å².